The van der Waals surface area contributed by atoms with Gasteiger partial charge in [0.05, 0.1) is 0 Å². The number of hydrogen-bond acceptors (Lipinski definition) is 5. The topological polar surface area (TPSA) is 105 Å². The molecule has 4 N–H and O–H groups in total. The molecule has 0 aromatic heterocycles. The van der Waals surface area contributed by atoms with E-state index in [1.54, 1.807) is 11.0 Å². The Morgan fingerprint density at radius 2 is 1.63 bits per heavy atom. The van der Waals surface area contributed by atoms with Gasteiger partial charge in [-0.05, 0) is 76.6 Å². The first-order valence-electron chi connectivity index (χ1n) is 16.0. The Balaban J connectivity index is 0. The van der Waals surface area contributed by atoms with Gasteiger partial charge in [-0.2, -0.15) is 0 Å². The van der Waals surface area contributed by atoms with E-state index in [9.17, 15) is 14.4 Å². The Kier molecular flexibility index (Phi) is 27.8. The van der Waals surface area contributed by atoms with Gasteiger partial charge >= 0.3 is 0 Å². The normalized spacial score (nSPS) is 14.1. The molecule has 0 radical (unpaired) electrons. The third kappa shape index (κ3) is 25.2. The monoisotopic (exact) mass is 576 g/mol. The van der Waals surface area contributed by atoms with E-state index in [-0.39, 0.29) is 17.9 Å². The highest BCUT2D eigenvalue weighted by Gasteiger charge is 2.12. The first-order chi connectivity index (χ1) is 19.6. The second kappa shape index (κ2) is 27.9. The zero-order valence-corrected chi connectivity index (χ0v) is 27.7. The van der Waals surface area contributed by atoms with Crippen molar-refractivity contribution >= 4 is 18.6 Å². The molecule has 1 fully saturated rings. The molecule has 0 aliphatic heterocycles. The van der Waals surface area contributed by atoms with Crippen LogP contribution in [0, 0.1) is 24.7 Å². The van der Waals surface area contributed by atoms with Gasteiger partial charge in [-0.25, -0.2) is 0 Å². The molecular formula is C34H64N4O3. The van der Waals surface area contributed by atoms with Crippen molar-refractivity contribution in [3.05, 3.63) is 35.4 Å². The van der Waals surface area contributed by atoms with E-state index in [0.717, 1.165) is 56.0 Å². The number of carbonyl (C=O) groups is 3. The minimum atomic E-state index is -0.195. The Labute approximate surface area is 252 Å². The summed E-state index contributed by atoms with van der Waals surface area (Å²) in [7, 11) is 2.05. The fourth-order valence-electron chi connectivity index (χ4n) is 4.20. The highest BCUT2D eigenvalue weighted by Crippen LogP contribution is 2.22. The number of nitrogens with one attached hydrogen (secondary N) is 2. The average molecular weight is 577 g/mol. The minimum absolute atomic E-state index is 0.0733. The van der Waals surface area contributed by atoms with Crippen molar-refractivity contribution in [3.63, 3.8) is 0 Å². The van der Waals surface area contributed by atoms with Gasteiger partial charge in [0.2, 0.25) is 6.41 Å². The van der Waals surface area contributed by atoms with Crippen LogP contribution in [0.25, 0.3) is 0 Å². The molecule has 2 atom stereocenters. The molecule has 2 rings (SSSR count). The molecule has 2 amide bonds. The van der Waals surface area contributed by atoms with Crippen LogP contribution in [0.4, 0.5) is 0 Å². The number of nitrogens with two attached hydrogens (primary N) is 1. The summed E-state index contributed by atoms with van der Waals surface area (Å²) < 4.78 is 0. The lowest BCUT2D eigenvalue weighted by Crippen LogP contribution is -2.38. The number of rotatable bonds is 14. The molecule has 238 valence electrons. The molecule has 0 bridgehead atoms. The molecular weight excluding hydrogens is 512 g/mol. The van der Waals surface area contributed by atoms with E-state index < -0.39 is 0 Å². The Bertz CT molecular complexity index is 757. The van der Waals surface area contributed by atoms with E-state index >= 15 is 0 Å². The molecule has 2 unspecified atom stereocenters. The van der Waals surface area contributed by atoms with Crippen molar-refractivity contribution in [3.8, 4) is 0 Å². The summed E-state index contributed by atoms with van der Waals surface area (Å²) in [4.78, 5) is 34.3. The van der Waals surface area contributed by atoms with E-state index in [1.165, 1.54) is 45.1 Å². The van der Waals surface area contributed by atoms with Crippen LogP contribution >= 0.6 is 0 Å². The maximum absolute atomic E-state index is 11.8. The second-order valence-corrected chi connectivity index (χ2v) is 11.7. The number of aryl methyl sites for hydroxylation is 1. The van der Waals surface area contributed by atoms with Gasteiger partial charge in [0, 0.05) is 37.2 Å². The van der Waals surface area contributed by atoms with Crippen LogP contribution in [-0.4, -0.2) is 62.8 Å². The van der Waals surface area contributed by atoms with Gasteiger partial charge in [-0.15, -0.1) is 0 Å². The SMILES string of the molecule is CCC(C)C.CCCN(C=O)CCC.CNCC1CCCCC1.Cc1cccc(C(=O)NCC(N)CC(C)C=O)c1. The zero-order valence-electron chi connectivity index (χ0n) is 27.7. The molecule has 0 saturated heterocycles. The van der Waals surface area contributed by atoms with Crippen molar-refractivity contribution in [1.29, 1.82) is 0 Å². The molecule has 0 heterocycles. The number of aldehydes is 1. The molecule has 1 aromatic carbocycles. The summed E-state index contributed by atoms with van der Waals surface area (Å²) in [5.74, 6) is 1.67. The van der Waals surface area contributed by atoms with Gasteiger partial charge < -0.3 is 26.1 Å². The predicted molar refractivity (Wildman–Crippen MR) is 175 cm³/mol. The Morgan fingerprint density at radius 3 is 2.07 bits per heavy atom. The van der Waals surface area contributed by atoms with Crippen LogP contribution in [0.3, 0.4) is 0 Å². The highest BCUT2D eigenvalue weighted by atomic mass is 16.1. The van der Waals surface area contributed by atoms with E-state index in [2.05, 4.69) is 52.3 Å². The van der Waals surface area contributed by atoms with E-state index in [0.29, 0.717) is 18.5 Å². The van der Waals surface area contributed by atoms with Crippen LogP contribution in [-0.2, 0) is 9.59 Å². The summed E-state index contributed by atoms with van der Waals surface area (Å²) in [6, 6.07) is 7.18. The lowest BCUT2D eigenvalue weighted by Gasteiger charge is -2.20. The number of nitrogens with zero attached hydrogens (tertiary/aromatic N) is 1. The predicted octanol–water partition coefficient (Wildman–Crippen LogP) is 6.38. The second-order valence-electron chi connectivity index (χ2n) is 11.7. The molecule has 41 heavy (non-hydrogen) atoms. The van der Waals surface area contributed by atoms with Crippen molar-refractivity contribution in [2.75, 3.05) is 33.2 Å². The van der Waals surface area contributed by atoms with Gasteiger partial charge in [-0.1, -0.05) is 84.9 Å². The first kappa shape index (κ1) is 40.9. The summed E-state index contributed by atoms with van der Waals surface area (Å²) >= 11 is 0. The zero-order chi connectivity index (χ0) is 31.5. The van der Waals surface area contributed by atoms with Crippen molar-refractivity contribution < 1.29 is 14.4 Å². The molecule has 7 nitrogen and oxygen atoms in total. The fourth-order valence-corrected chi connectivity index (χ4v) is 4.20. The lowest BCUT2D eigenvalue weighted by atomic mass is 9.89. The Hall–Kier alpha value is -2.25. The van der Waals surface area contributed by atoms with Crippen molar-refractivity contribution in [2.45, 2.75) is 112 Å². The van der Waals surface area contributed by atoms with Crippen LogP contribution in [0.15, 0.2) is 24.3 Å². The molecule has 0 spiro atoms. The van der Waals surface area contributed by atoms with E-state index in [1.807, 2.05) is 32.0 Å². The summed E-state index contributed by atoms with van der Waals surface area (Å²) in [5, 5.41) is 6.01. The standard InChI is InChI=1S/C14H20N2O2.C8H17N.C7H15NO.C5H12/c1-10-4-3-5-12(6-10)14(18)16-8-13(15)7-11(2)9-17;1-9-7-8-5-3-2-4-6-8;1-3-5-8(7-9)6-4-2;1-4-5(2)3/h3-6,9,11,13H,7-8,15H2,1-2H3,(H,16,18);8-9H,2-7H2,1H3;7H,3-6H2,1-2H3;5H,4H2,1-3H3. The lowest BCUT2D eigenvalue weighted by molar-refractivity contribution is -0.118. The third-order valence-electron chi connectivity index (χ3n) is 6.92. The van der Waals surface area contributed by atoms with Crippen LogP contribution < -0.4 is 16.4 Å². The maximum Gasteiger partial charge on any atom is 0.251 e. The molecule has 1 aliphatic carbocycles. The fraction of sp³-hybridized carbons (Fsp3) is 0.735. The summed E-state index contributed by atoms with van der Waals surface area (Å²) in [6.45, 7) is 18.0. The Morgan fingerprint density at radius 1 is 1.05 bits per heavy atom. The summed E-state index contributed by atoms with van der Waals surface area (Å²) in [6.07, 6.45) is 13.1. The van der Waals surface area contributed by atoms with Gasteiger partial charge in [0.25, 0.3) is 5.91 Å². The minimum Gasteiger partial charge on any atom is -0.350 e. The number of amides is 2. The molecule has 1 saturated carbocycles. The smallest absolute Gasteiger partial charge is 0.251 e. The van der Waals surface area contributed by atoms with Crippen LogP contribution in [0.1, 0.15) is 115 Å². The van der Waals surface area contributed by atoms with Crippen LogP contribution in [0.2, 0.25) is 0 Å². The summed E-state index contributed by atoms with van der Waals surface area (Å²) in [5.41, 5.74) is 7.51. The van der Waals surface area contributed by atoms with E-state index in [4.69, 9.17) is 5.73 Å². The van der Waals surface area contributed by atoms with Crippen molar-refractivity contribution in [2.24, 2.45) is 23.5 Å². The number of carbonyl (C=O) groups excluding carboxylic acids is 3. The van der Waals surface area contributed by atoms with Gasteiger partial charge in [0.15, 0.2) is 0 Å². The number of hydrogen-bond donors (Lipinski definition) is 3. The molecule has 1 aliphatic rings. The van der Waals surface area contributed by atoms with Crippen LogP contribution in [0.5, 0.6) is 0 Å². The first-order valence-corrected chi connectivity index (χ1v) is 16.0. The molecule has 1 aromatic rings. The third-order valence-corrected chi connectivity index (χ3v) is 6.92. The average Bonchev–Trinajstić information content (AvgIpc) is 2.97. The largest absolute Gasteiger partial charge is 0.350 e. The van der Waals surface area contributed by atoms with Gasteiger partial charge in [-0.3, -0.25) is 9.59 Å². The molecule has 7 heteroatoms. The van der Waals surface area contributed by atoms with Gasteiger partial charge in [0.1, 0.15) is 6.29 Å². The highest BCUT2D eigenvalue weighted by molar-refractivity contribution is 5.94. The maximum atomic E-state index is 11.8. The van der Waals surface area contributed by atoms with Crippen molar-refractivity contribution in [1.82, 2.24) is 15.5 Å². The number of benzene rings is 1. The quantitative estimate of drug-likeness (QED) is 0.223.